The number of aromatic nitrogens is 2. The number of rotatable bonds is 5. The average Bonchev–Trinajstić information content (AvgIpc) is 2.86. The summed E-state index contributed by atoms with van der Waals surface area (Å²) in [7, 11) is 0. The van der Waals surface area contributed by atoms with Crippen molar-refractivity contribution < 1.29 is 15.1 Å². The molecule has 0 atom stereocenters. The van der Waals surface area contributed by atoms with Gasteiger partial charge in [-0.25, -0.2) is 0 Å². The van der Waals surface area contributed by atoms with Gasteiger partial charge in [0.2, 0.25) is 4.47 Å². The van der Waals surface area contributed by atoms with E-state index in [9.17, 15) is 4.79 Å². The molecule has 104 valence electrons. The fourth-order valence-electron chi connectivity index (χ4n) is 1.60. The Hall–Kier alpha value is -1.99. The van der Waals surface area contributed by atoms with E-state index in [4.69, 9.17) is 21.9 Å². The molecular formula is C12H10ClN3O3S. The van der Waals surface area contributed by atoms with E-state index in [1.54, 1.807) is 24.3 Å². The number of aliphatic carboxylic acids is 1. The molecule has 2 N–H and O–H groups in total. The first-order chi connectivity index (χ1) is 9.60. The maximum atomic E-state index is 10.5. The highest BCUT2D eigenvalue weighted by atomic mass is 35.5. The molecule has 0 radical (unpaired) electrons. The Balaban J connectivity index is 2.16. The standard InChI is InChI=1S/C12H10ClN3O3S/c13-12-15-14-11(20-12)8-3-1-7(2-4-8)9(16-19)5-6-10(17)18/h1-4,19H,5-6H2,(H,17,18)/b16-9+. The molecule has 0 unspecified atom stereocenters. The lowest BCUT2D eigenvalue weighted by atomic mass is 10.0. The molecule has 1 aromatic carbocycles. The summed E-state index contributed by atoms with van der Waals surface area (Å²) in [4.78, 5) is 10.5. The van der Waals surface area contributed by atoms with Crippen molar-refractivity contribution in [3.8, 4) is 10.6 Å². The van der Waals surface area contributed by atoms with Crippen LogP contribution in [-0.2, 0) is 4.79 Å². The smallest absolute Gasteiger partial charge is 0.303 e. The summed E-state index contributed by atoms with van der Waals surface area (Å²) in [5, 5.41) is 29.0. The molecule has 0 bridgehead atoms. The molecule has 2 aromatic rings. The number of hydrogen-bond donors (Lipinski definition) is 2. The fraction of sp³-hybridized carbons (Fsp3) is 0.167. The molecule has 0 saturated carbocycles. The number of carboxylic acids is 1. The van der Waals surface area contributed by atoms with E-state index in [0.717, 1.165) is 5.56 Å². The predicted octanol–water partition coefficient (Wildman–Crippen LogP) is 2.90. The SMILES string of the molecule is O=C(O)CC/C(=N\O)c1ccc(-c2nnc(Cl)s2)cc1. The van der Waals surface area contributed by atoms with Crippen LogP contribution in [0.5, 0.6) is 0 Å². The van der Waals surface area contributed by atoms with Crippen molar-refractivity contribution in [1.29, 1.82) is 0 Å². The fourth-order valence-corrected chi connectivity index (χ4v) is 2.44. The molecular weight excluding hydrogens is 302 g/mol. The molecule has 2 rings (SSSR count). The van der Waals surface area contributed by atoms with Gasteiger partial charge >= 0.3 is 5.97 Å². The zero-order chi connectivity index (χ0) is 14.5. The lowest BCUT2D eigenvalue weighted by Crippen LogP contribution is -2.05. The van der Waals surface area contributed by atoms with E-state index < -0.39 is 5.97 Å². The van der Waals surface area contributed by atoms with Crippen molar-refractivity contribution in [2.75, 3.05) is 0 Å². The summed E-state index contributed by atoms with van der Waals surface area (Å²) >= 11 is 6.98. The molecule has 20 heavy (non-hydrogen) atoms. The Morgan fingerprint density at radius 3 is 2.45 bits per heavy atom. The van der Waals surface area contributed by atoms with E-state index in [-0.39, 0.29) is 12.8 Å². The summed E-state index contributed by atoms with van der Waals surface area (Å²) in [6.45, 7) is 0. The van der Waals surface area contributed by atoms with Crippen molar-refractivity contribution in [2.24, 2.45) is 5.16 Å². The highest BCUT2D eigenvalue weighted by Crippen LogP contribution is 2.26. The third-order valence-electron chi connectivity index (χ3n) is 2.56. The van der Waals surface area contributed by atoms with Crippen LogP contribution in [0.15, 0.2) is 29.4 Å². The highest BCUT2D eigenvalue weighted by molar-refractivity contribution is 7.18. The van der Waals surface area contributed by atoms with Gasteiger partial charge in [-0.2, -0.15) is 0 Å². The maximum Gasteiger partial charge on any atom is 0.303 e. The van der Waals surface area contributed by atoms with Gasteiger partial charge in [-0.3, -0.25) is 4.79 Å². The predicted molar refractivity (Wildman–Crippen MR) is 75.5 cm³/mol. The third kappa shape index (κ3) is 3.52. The number of halogens is 1. The van der Waals surface area contributed by atoms with Crippen LogP contribution in [0.2, 0.25) is 4.47 Å². The van der Waals surface area contributed by atoms with Gasteiger partial charge in [-0.05, 0) is 17.2 Å². The minimum atomic E-state index is -0.939. The second-order valence-corrected chi connectivity index (χ2v) is 5.44. The van der Waals surface area contributed by atoms with Crippen molar-refractivity contribution >= 4 is 34.6 Å². The number of nitrogens with zero attached hydrogens (tertiary/aromatic N) is 3. The van der Waals surface area contributed by atoms with Crippen LogP contribution in [0.3, 0.4) is 0 Å². The molecule has 0 aliphatic carbocycles. The summed E-state index contributed by atoms with van der Waals surface area (Å²) in [6, 6.07) is 7.05. The Bertz CT molecular complexity index is 640. The highest BCUT2D eigenvalue weighted by Gasteiger charge is 2.09. The van der Waals surface area contributed by atoms with Crippen molar-refractivity contribution in [3.63, 3.8) is 0 Å². The lowest BCUT2D eigenvalue weighted by Gasteiger charge is -2.03. The first kappa shape index (κ1) is 14.4. The minimum absolute atomic E-state index is 0.0901. The number of carbonyl (C=O) groups is 1. The van der Waals surface area contributed by atoms with Crippen LogP contribution in [-0.4, -0.2) is 32.2 Å². The van der Waals surface area contributed by atoms with Crippen LogP contribution < -0.4 is 0 Å². The van der Waals surface area contributed by atoms with E-state index in [2.05, 4.69) is 15.4 Å². The Labute approximate surface area is 123 Å². The first-order valence-corrected chi connectivity index (χ1v) is 6.82. The van der Waals surface area contributed by atoms with Crippen LogP contribution in [0.25, 0.3) is 10.6 Å². The Morgan fingerprint density at radius 2 is 1.95 bits per heavy atom. The van der Waals surface area contributed by atoms with Gasteiger partial charge in [0.25, 0.3) is 0 Å². The minimum Gasteiger partial charge on any atom is -0.481 e. The van der Waals surface area contributed by atoms with Crippen LogP contribution in [0.1, 0.15) is 18.4 Å². The van der Waals surface area contributed by atoms with Gasteiger partial charge in [0.15, 0.2) is 0 Å². The Morgan fingerprint density at radius 1 is 1.25 bits per heavy atom. The monoisotopic (exact) mass is 311 g/mol. The Kier molecular flexibility index (Phi) is 4.65. The molecule has 8 heteroatoms. The van der Waals surface area contributed by atoms with Crippen LogP contribution in [0, 0.1) is 0 Å². The van der Waals surface area contributed by atoms with Crippen LogP contribution in [0.4, 0.5) is 0 Å². The number of carboxylic acid groups (broad SMARTS) is 1. The summed E-state index contributed by atoms with van der Waals surface area (Å²) in [5.41, 5.74) is 1.83. The van der Waals surface area contributed by atoms with Crippen LogP contribution >= 0.6 is 22.9 Å². The van der Waals surface area contributed by atoms with Gasteiger partial charge < -0.3 is 10.3 Å². The van der Waals surface area contributed by atoms with Gasteiger partial charge in [0.05, 0.1) is 12.1 Å². The summed E-state index contributed by atoms with van der Waals surface area (Å²) < 4.78 is 0.364. The summed E-state index contributed by atoms with van der Waals surface area (Å²) in [5.74, 6) is -0.939. The van der Waals surface area contributed by atoms with E-state index in [0.29, 0.717) is 20.7 Å². The number of benzene rings is 1. The molecule has 1 heterocycles. The van der Waals surface area contributed by atoms with Gasteiger partial charge in [-0.1, -0.05) is 40.8 Å². The molecule has 0 spiro atoms. The quantitative estimate of drug-likeness (QED) is 0.503. The maximum absolute atomic E-state index is 10.5. The van der Waals surface area contributed by atoms with Gasteiger partial charge in [0.1, 0.15) is 5.01 Å². The lowest BCUT2D eigenvalue weighted by molar-refractivity contribution is -0.136. The second kappa shape index (κ2) is 6.44. The summed E-state index contributed by atoms with van der Waals surface area (Å²) in [6.07, 6.45) is 0.0724. The largest absolute Gasteiger partial charge is 0.481 e. The number of hydrogen-bond acceptors (Lipinski definition) is 6. The molecule has 0 amide bonds. The average molecular weight is 312 g/mol. The second-order valence-electron chi connectivity index (χ2n) is 3.88. The third-order valence-corrected chi connectivity index (χ3v) is 3.63. The zero-order valence-electron chi connectivity index (χ0n) is 10.2. The van der Waals surface area contributed by atoms with Gasteiger partial charge in [0, 0.05) is 12.0 Å². The molecule has 0 aliphatic heterocycles. The molecule has 6 nitrogen and oxygen atoms in total. The van der Waals surface area contributed by atoms with E-state index in [1.807, 2.05) is 0 Å². The van der Waals surface area contributed by atoms with E-state index in [1.165, 1.54) is 11.3 Å². The van der Waals surface area contributed by atoms with Crippen molar-refractivity contribution in [1.82, 2.24) is 10.2 Å². The zero-order valence-corrected chi connectivity index (χ0v) is 11.7. The topological polar surface area (TPSA) is 95.7 Å². The first-order valence-electron chi connectivity index (χ1n) is 5.62. The molecule has 0 aliphatic rings. The number of oxime groups is 1. The van der Waals surface area contributed by atoms with Crippen molar-refractivity contribution in [3.05, 3.63) is 34.3 Å². The van der Waals surface area contributed by atoms with E-state index >= 15 is 0 Å². The normalized spacial score (nSPS) is 11.6. The molecule has 1 aromatic heterocycles. The van der Waals surface area contributed by atoms with Gasteiger partial charge in [-0.15, -0.1) is 10.2 Å². The molecule has 0 saturated heterocycles. The molecule has 0 fully saturated rings. The van der Waals surface area contributed by atoms with Crippen molar-refractivity contribution in [2.45, 2.75) is 12.8 Å².